The SMILES string of the molecule is Cc1ncoc1CC(=O)NCc1ccncc1. The first-order chi connectivity index (χ1) is 8.25. The molecule has 17 heavy (non-hydrogen) atoms. The molecule has 0 saturated heterocycles. The van der Waals surface area contributed by atoms with Crippen molar-refractivity contribution in [2.45, 2.75) is 19.9 Å². The zero-order valence-corrected chi connectivity index (χ0v) is 9.51. The molecule has 0 spiro atoms. The average Bonchev–Trinajstić information content (AvgIpc) is 2.74. The first kappa shape index (κ1) is 11.3. The highest BCUT2D eigenvalue weighted by molar-refractivity contribution is 5.78. The molecular weight excluding hydrogens is 218 g/mol. The van der Waals surface area contributed by atoms with Crippen LogP contribution >= 0.6 is 0 Å². The molecule has 1 N–H and O–H groups in total. The van der Waals surface area contributed by atoms with E-state index in [1.165, 1.54) is 6.39 Å². The van der Waals surface area contributed by atoms with Gasteiger partial charge in [0.1, 0.15) is 5.76 Å². The summed E-state index contributed by atoms with van der Waals surface area (Å²) in [5, 5.41) is 2.81. The maximum absolute atomic E-state index is 11.6. The van der Waals surface area contributed by atoms with Crippen molar-refractivity contribution in [2.75, 3.05) is 0 Å². The van der Waals surface area contributed by atoms with Crippen LogP contribution in [0.4, 0.5) is 0 Å². The Hall–Kier alpha value is -2.17. The Morgan fingerprint density at radius 3 is 2.82 bits per heavy atom. The lowest BCUT2D eigenvalue weighted by Gasteiger charge is -2.03. The van der Waals surface area contributed by atoms with Gasteiger partial charge in [0.2, 0.25) is 5.91 Å². The highest BCUT2D eigenvalue weighted by Gasteiger charge is 2.09. The van der Waals surface area contributed by atoms with Gasteiger partial charge in [-0.1, -0.05) is 0 Å². The van der Waals surface area contributed by atoms with Gasteiger partial charge in [0.15, 0.2) is 6.39 Å². The lowest BCUT2D eigenvalue weighted by atomic mass is 10.2. The van der Waals surface area contributed by atoms with Gasteiger partial charge in [0.25, 0.3) is 0 Å². The summed E-state index contributed by atoms with van der Waals surface area (Å²) >= 11 is 0. The molecule has 88 valence electrons. The van der Waals surface area contributed by atoms with Gasteiger partial charge in [-0.3, -0.25) is 9.78 Å². The van der Waals surface area contributed by atoms with Crippen molar-refractivity contribution in [3.63, 3.8) is 0 Å². The summed E-state index contributed by atoms with van der Waals surface area (Å²) in [4.78, 5) is 19.5. The summed E-state index contributed by atoms with van der Waals surface area (Å²) in [6.07, 6.45) is 4.96. The number of rotatable bonds is 4. The topological polar surface area (TPSA) is 68.0 Å². The van der Waals surface area contributed by atoms with Crippen molar-refractivity contribution in [3.05, 3.63) is 47.9 Å². The molecule has 0 aliphatic rings. The van der Waals surface area contributed by atoms with E-state index in [0.29, 0.717) is 12.3 Å². The van der Waals surface area contributed by atoms with E-state index >= 15 is 0 Å². The molecule has 5 nitrogen and oxygen atoms in total. The predicted octanol–water partition coefficient (Wildman–Crippen LogP) is 1.24. The number of nitrogens with zero attached hydrogens (tertiary/aromatic N) is 2. The molecule has 5 heteroatoms. The highest BCUT2D eigenvalue weighted by atomic mass is 16.3. The molecule has 0 saturated carbocycles. The van der Waals surface area contributed by atoms with E-state index in [2.05, 4.69) is 15.3 Å². The number of oxazole rings is 1. The highest BCUT2D eigenvalue weighted by Crippen LogP contribution is 2.05. The molecule has 2 rings (SSSR count). The fraction of sp³-hybridized carbons (Fsp3) is 0.250. The standard InChI is InChI=1S/C12H13N3O2/c1-9-11(17-8-15-9)6-12(16)14-7-10-2-4-13-5-3-10/h2-5,8H,6-7H2,1H3,(H,14,16). The Labute approximate surface area is 98.9 Å². The maximum atomic E-state index is 11.6. The molecule has 2 aromatic heterocycles. The number of amides is 1. The summed E-state index contributed by atoms with van der Waals surface area (Å²) < 4.78 is 5.11. The molecule has 0 aliphatic carbocycles. The Kier molecular flexibility index (Phi) is 3.49. The number of hydrogen-bond donors (Lipinski definition) is 1. The molecular formula is C12H13N3O2. The summed E-state index contributed by atoms with van der Waals surface area (Å²) in [7, 11) is 0. The third kappa shape index (κ3) is 3.14. The quantitative estimate of drug-likeness (QED) is 0.859. The van der Waals surface area contributed by atoms with Crippen LogP contribution < -0.4 is 5.32 Å². The number of nitrogens with one attached hydrogen (secondary N) is 1. The second-order valence-electron chi connectivity index (χ2n) is 3.67. The van der Waals surface area contributed by atoms with E-state index in [1.54, 1.807) is 12.4 Å². The van der Waals surface area contributed by atoms with Crippen molar-refractivity contribution in [1.29, 1.82) is 0 Å². The summed E-state index contributed by atoms with van der Waals surface area (Å²) in [6, 6.07) is 3.72. The van der Waals surface area contributed by atoms with Gasteiger partial charge in [-0.2, -0.15) is 0 Å². The number of hydrogen-bond acceptors (Lipinski definition) is 4. The predicted molar refractivity (Wildman–Crippen MR) is 61.0 cm³/mol. The van der Waals surface area contributed by atoms with E-state index < -0.39 is 0 Å². The van der Waals surface area contributed by atoms with Crippen molar-refractivity contribution in [3.8, 4) is 0 Å². The summed E-state index contributed by atoms with van der Waals surface area (Å²) in [5.74, 6) is 0.527. The van der Waals surface area contributed by atoms with Crippen LogP contribution in [-0.4, -0.2) is 15.9 Å². The Morgan fingerprint density at radius 1 is 1.41 bits per heavy atom. The second-order valence-corrected chi connectivity index (χ2v) is 3.67. The van der Waals surface area contributed by atoms with Crippen LogP contribution in [0.25, 0.3) is 0 Å². The molecule has 1 amide bonds. The molecule has 0 aliphatic heterocycles. The first-order valence-electron chi connectivity index (χ1n) is 5.30. The number of carbonyl (C=O) groups excluding carboxylic acids is 1. The van der Waals surface area contributed by atoms with Crippen LogP contribution in [-0.2, 0) is 17.8 Å². The average molecular weight is 231 g/mol. The van der Waals surface area contributed by atoms with Gasteiger partial charge in [-0.05, 0) is 24.6 Å². The smallest absolute Gasteiger partial charge is 0.227 e. The van der Waals surface area contributed by atoms with Crippen LogP contribution in [0.1, 0.15) is 17.0 Å². The lowest BCUT2D eigenvalue weighted by molar-refractivity contribution is -0.120. The van der Waals surface area contributed by atoms with E-state index in [-0.39, 0.29) is 12.3 Å². The zero-order valence-electron chi connectivity index (χ0n) is 9.51. The summed E-state index contributed by atoms with van der Waals surface area (Å²) in [5.41, 5.74) is 1.77. The van der Waals surface area contributed by atoms with Crippen molar-refractivity contribution < 1.29 is 9.21 Å². The minimum Gasteiger partial charge on any atom is -0.448 e. The van der Waals surface area contributed by atoms with E-state index in [0.717, 1.165) is 11.3 Å². The zero-order chi connectivity index (χ0) is 12.1. The Morgan fingerprint density at radius 2 is 2.18 bits per heavy atom. The molecule has 0 atom stereocenters. The molecule has 0 fully saturated rings. The molecule has 0 bridgehead atoms. The lowest BCUT2D eigenvalue weighted by Crippen LogP contribution is -2.24. The van der Waals surface area contributed by atoms with Crippen molar-refractivity contribution >= 4 is 5.91 Å². The van der Waals surface area contributed by atoms with Gasteiger partial charge in [-0.15, -0.1) is 0 Å². The van der Waals surface area contributed by atoms with Gasteiger partial charge in [0, 0.05) is 18.9 Å². The Bertz CT molecular complexity index is 493. The fourth-order valence-corrected chi connectivity index (χ4v) is 1.41. The van der Waals surface area contributed by atoms with E-state index in [1.807, 2.05) is 19.1 Å². The largest absolute Gasteiger partial charge is 0.448 e. The van der Waals surface area contributed by atoms with Gasteiger partial charge < -0.3 is 9.73 Å². The van der Waals surface area contributed by atoms with Crippen LogP contribution in [0, 0.1) is 6.92 Å². The van der Waals surface area contributed by atoms with Crippen molar-refractivity contribution in [2.24, 2.45) is 0 Å². The molecule has 2 heterocycles. The van der Waals surface area contributed by atoms with E-state index in [4.69, 9.17) is 4.42 Å². The fourth-order valence-electron chi connectivity index (χ4n) is 1.41. The number of aryl methyl sites for hydroxylation is 1. The number of aromatic nitrogens is 2. The first-order valence-corrected chi connectivity index (χ1v) is 5.30. The maximum Gasteiger partial charge on any atom is 0.227 e. The molecule has 2 aromatic rings. The molecule has 0 unspecified atom stereocenters. The molecule has 0 radical (unpaired) electrons. The van der Waals surface area contributed by atoms with Crippen LogP contribution in [0.2, 0.25) is 0 Å². The number of carbonyl (C=O) groups is 1. The van der Waals surface area contributed by atoms with Gasteiger partial charge >= 0.3 is 0 Å². The van der Waals surface area contributed by atoms with Crippen LogP contribution in [0.5, 0.6) is 0 Å². The van der Waals surface area contributed by atoms with Crippen molar-refractivity contribution in [1.82, 2.24) is 15.3 Å². The normalized spacial score (nSPS) is 10.2. The minimum absolute atomic E-state index is 0.0818. The Balaban J connectivity index is 1.85. The second kappa shape index (κ2) is 5.25. The molecule has 0 aromatic carbocycles. The van der Waals surface area contributed by atoms with Crippen LogP contribution in [0.3, 0.4) is 0 Å². The van der Waals surface area contributed by atoms with Gasteiger partial charge in [-0.25, -0.2) is 4.98 Å². The summed E-state index contributed by atoms with van der Waals surface area (Å²) in [6.45, 7) is 2.31. The minimum atomic E-state index is -0.0818. The third-order valence-electron chi connectivity index (χ3n) is 2.41. The monoisotopic (exact) mass is 231 g/mol. The third-order valence-corrected chi connectivity index (χ3v) is 2.41. The van der Waals surface area contributed by atoms with Crippen LogP contribution in [0.15, 0.2) is 35.3 Å². The number of pyridine rings is 1. The van der Waals surface area contributed by atoms with E-state index in [9.17, 15) is 4.79 Å². The van der Waals surface area contributed by atoms with Gasteiger partial charge in [0.05, 0.1) is 12.1 Å².